The van der Waals surface area contributed by atoms with Crippen molar-refractivity contribution in [3.63, 3.8) is 0 Å². The molecule has 162 valence electrons. The van der Waals surface area contributed by atoms with E-state index in [2.05, 4.69) is 23.1 Å². The third-order valence-electron chi connectivity index (χ3n) is 5.90. The number of piperazine rings is 1. The lowest BCUT2D eigenvalue weighted by Crippen LogP contribution is -2.49. The summed E-state index contributed by atoms with van der Waals surface area (Å²) >= 11 is 0. The van der Waals surface area contributed by atoms with Crippen LogP contribution in [-0.4, -0.2) is 41.6 Å². The molecule has 3 aromatic rings. The summed E-state index contributed by atoms with van der Waals surface area (Å²) in [4.78, 5) is 17.0. The fraction of sp³-hybridized carbons (Fsp3) is 0.231. The molecule has 0 atom stereocenters. The van der Waals surface area contributed by atoms with Crippen molar-refractivity contribution in [3.05, 3.63) is 89.0 Å². The summed E-state index contributed by atoms with van der Waals surface area (Å²) in [6, 6.07) is 20.6. The van der Waals surface area contributed by atoms with Gasteiger partial charge >= 0.3 is 0 Å². The molecule has 0 aliphatic carbocycles. The van der Waals surface area contributed by atoms with Crippen molar-refractivity contribution in [3.8, 4) is 11.8 Å². The van der Waals surface area contributed by atoms with Crippen molar-refractivity contribution in [2.45, 2.75) is 13.8 Å². The first-order valence-corrected chi connectivity index (χ1v) is 10.6. The van der Waals surface area contributed by atoms with Gasteiger partial charge in [-0.1, -0.05) is 30.3 Å². The Morgan fingerprint density at radius 1 is 1.00 bits per heavy atom. The third-order valence-corrected chi connectivity index (χ3v) is 5.90. The quantitative estimate of drug-likeness (QED) is 0.455. The summed E-state index contributed by atoms with van der Waals surface area (Å²) in [5.41, 5.74) is 4.02. The monoisotopic (exact) mass is 428 g/mol. The minimum absolute atomic E-state index is 0.0898. The highest BCUT2D eigenvalue weighted by Crippen LogP contribution is 2.25. The first-order chi connectivity index (χ1) is 15.5. The SMILES string of the molecule is Cc1cc(/C=C(/C#N)C(=O)N2CCN(c3ccccc3)CC2)c(C)n1-c1ccccc1F. The molecule has 0 unspecified atom stereocenters. The Labute approximate surface area is 187 Å². The van der Waals surface area contributed by atoms with Crippen molar-refractivity contribution in [1.29, 1.82) is 5.26 Å². The Bertz CT molecular complexity index is 1200. The maximum Gasteiger partial charge on any atom is 0.264 e. The Balaban J connectivity index is 1.54. The number of hydrogen-bond acceptors (Lipinski definition) is 3. The number of halogens is 1. The van der Waals surface area contributed by atoms with E-state index in [4.69, 9.17) is 0 Å². The number of anilines is 1. The zero-order valence-electron chi connectivity index (χ0n) is 18.3. The van der Waals surface area contributed by atoms with Gasteiger partial charge in [0, 0.05) is 43.3 Å². The van der Waals surface area contributed by atoms with Crippen LogP contribution in [0.4, 0.5) is 10.1 Å². The Kier molecular flexibility index (Phi) is 6.09. The number of aryl methyl sites for hydroxylation is 1. The van der Waals surface area contributed by atoms with E-state index in [0.717, 1.165) is 35.7 Å². The summed E-state index contributed by atoms with van der Waals surface area (Å²) in [7, 11) is 0. The molecule has 2 aromatic carbocycles. The summed E-state index contributed by atoms with van der Waals surface area (Å²) < 4.78 is 16.2. The average Bonchev–Trinajstić information content (AvgIpc) is 3.10. The average molecular weight is 429 g/mol. The van der Waals surface area contributed by atoms with E-state index in [-0.39, 0.29) is 17.3 Å². The second-order valence-corrected chi connectivity index (χ2v) is 7.90. The second kappa shape index (κ2) is 9.11. The summed E-state index contributed by atoms with van der Waals surface area (Å²) in [5.74, 6) is -0.589. The first-order valence-electron chi connectivity index (χ1n) is 10.6. The lowest BCUT2D eigenvalue weighted by atomic mass is 10.1. The highest BCUT2D eigenvalue weighted by molar-refractivity contribution is 6.02. The van der Waals surface area contributed by atoms with Gasteiger partial charge in [-0.15, -0.1) is 0 Å². The second-order valence-electron chi connectivity index (χ2n) is 7.90. The number of para-hydroxylation sites is 2. The normalized spacial score (nSPS) is 14.4. The largest absolute Gasteiger partial charge is 0.368 e. The molecule has 2 heterocycles. The van der Waals surface area contributed by atoms with Crippen molar-refractivity contribution >= 4 is 17.7 Å². The molecule has 0 bridgehead atoms. The molecule has 1 fully saturated rings. The van der Waals surface area contributed by atoms with E-state index in [9.17, 15) is 14.4 Å². The van der Waals surface area contributed by atoms with Crippen LogP contribution in [0.25, 0.3) is 11.8 Å². The number of amides is 1. The topological polar surface area (TPSA) is 52.3 Å². The standard InChI is InChI=1S/C26H25FN4O/c1-19-16-21(20(2)31(19)25-11-7-6-10-24(25)27)17-22(18-28)26(32)30-14-12-29(13-15-30)23-8-4-3-5-9-23/h3-11,16-17H,12-15H2,1-2H3/b22-17-. The van der Waals surface area contributed by atoms with Gasteiger partial charge in [-0.3, -0.25) is 4.79 Å². The smallest absolute Gasteiger partial charge is 0.264 e. The molecule has 1 aliphatic heterocycles. The molecular weight excluding hydrogens is 403 g/mol. The van der Waals surface area contributed by atoms with Crippen LogP contribution >= 0.6 is 0 Å². The molecule has 1 aliphatic rings. The number of nitrogens with zero attached hydrogens (tertiary/aromatic N) is 4. The Morgan fingerprint density at radius 2 is 1.66 bits per heavy atom. The van der Waals surface area contributed by atoms with Gasteiger partial charge in [0.05, 0.1) is 5.69 Å². The van der Waals surface area contributed by atoms with Crippen LogP contribution in [0.15, 0.2) is 66.2 Å². The van der Waals surface area contributed by atoms with Crippen molar-refractivity contribution in [1.82, 2.24) is 9.47 Å². The van der Waals surface area contributed by atoms with Gasteiger partial charge in [-0.05, 0) is 55.8 Å². The molecule has 0 radical (unpaired) electrons. The molecule has 5 nitrogen and oxygen atoms in total. The Hall–Kier alpha value is -3.85. The lowest BCUT2D eigenvalue weighted by molar-refractivity contribution is -0.126. The Morgan fingerprint density at radius 3 is 2.31 bits per heavy atom. The third kappa shape index (κ3) is 4.15. The van der Waals surface area contributed by atoms with Crippen molar-refractivity contribution < 1.29 is 9.18 Å². The van der Waals surface area contributed by atoms with Crippen LogP contribution in [0, 0.1) is 31.0 Å². The summed E-state index contributed by atoms with van der Waals surface area (Å²) in [5, 5.41) is 9.70. The number of nitriles is 1. The first kappa shape index (κ1) is 21.4. The highest BCUT2D eigenvalue weighted by Gasteiger charge is 2.24. The van der Waals surface area contributed by atoms with Crippen LogP contribution in [0.5, 0.6) is 0 Å². The fourth-order valence-corrected chi connectivity index (χ4v) is 4.21. The number of benzene rings is 2. The van der Waals surface area contributed by atoms with E-state index in [0.29, 0.717) is 18.8 Å². The van der Waals surface area contributed by atoms with E-state index in [1.54, 1.807) is 33.7 Å². The maximum atomic E-state index is 14.3. The van der Waals surface area contributed by atoms with Gasteiger partial charge in [0.25, 0.3) is 5.91 Å². The van der Waals surface area contributed by atoms with Crippen LogP contribution < -0.4 is 4.90 Å². The molecule has 6 heteroatoms. The highest BCUT2D eigenvalue weighted by atomic mass is 19.1. The van der Waals surface area contributed by atoms with Crippen LogP contribution in [0.2, 0.25) is 0 Å². The lowest BCUT2D eigenvalue weighted by Gasteiger charge is -2.36. The predicted molar refractivity (Wildman–Crippen MR) is 124 cm³/mol. The molecule has 1 saturated heterocycles. The molecule has 0 spiro atoms. The molecule has 0 N–H and O–H groups in total. The van der Waals surface area contributed by atoms with Gasteiger partial charge in [-0.2, -0.15) is 5.26 Å². The van der Waals surface area contributed by atoms with Gasteiger partial charge < -0.3 is 14.4 Å². The molecule has 1 amide bonds. The van der Waals surface area contributed by atoms with E-state index in [1.807, 2.05) is 38.1 Å². The fourth-order valence-electron chi connectivity index (χ4n) is 4.21. The van der Waals surface area contributed by atoms with Crippen molar-refractivity contribution in [2.24, 2.45) is 0 Å². The molecule has 32 heavy (non-hydrogen) atoms. The minimum atomic E-state index is -0.322. The number of carbonyl (C=O) groups excluding carboxylic acids is 1. The van der Waals surface area contributed by atoms with E-state index in [1.165, 1.54) is 6.07 Å². The minimum Gasteiger partial charge on any atom is -0.368 e. The van der Waals surface area contributed by atoms with Gasteiger partial charge in [0.15, 0.2) is 0 Å². The molecule has 1 aromatic heterocycles. The number of carbonyl (C=O) groups is 1. The maximum absolute atomic E-state index is 14.3. The van der Waals surface area contributed by atoms with Gasteiger partial charge in [0.2, 0.25) is 0 Å². The predicted octanol–water partition coefficient (Wildman–Crippen LogP) is 4.49. The zero-order chi connectivity index (χ0) is 22.7. The zero-order valence-corrected chi connectivity index (χ0v) is 18.3. The van der Waals surface area contributed by atoms with Gasteiger partial charge in [0.1, 0.15) is 17.5 Å². The number of aromatic nitrogens is 1. The van der Waals surface area contributed by atoms with Crippen LogP contribution in [0.3, 0.4) is 0 Å². The van der Waals surface area contributed by atoms with Crippen molar-refractivity contribution in [2.75, 3.05) is 31.1 Å². The van der Waals surface area contributed by atoms with E-state index >= 15 is 0 Å². The summed E-state index contributed by atoms with van der Waals surface area (Å²) in [6.07, 6.45) is 1.62. The number of hydrogen-bond donors (Lipinski definition) is 0. The molecule has 0 saturated carbocycles. The molecule has 4 rings (SSSR count). The van der Waals surface area contributed by atoms with Gasteiger partial charge in [-0.25, -0.2) is 4.39 Å². The molecular formula is C26H25FN4O. The van der Waals surface area contributed by atoms with E-state index < -0.39 is 0 Å². The van der Waals surface area contributed by atoms with Crippen LogP contribution in [-0.2, 0) is 4.79 Å². The number of rotatable bonds is 4. The summed E-state index contributed by atoms with van der Waals surface area (Å²) in [6.45, 7) is 6.30. The van der Waals surface area contributed by atoms with Crippen LogP contribution in [0.1, 0.15) is 17.0 Å².